The number of nitrogen functional groups attached to an aromatic ring is 1. The molecule has 172 valence electrons. The fraction of sp³-hybridized carbons (Fsp3) is 0.417. The molecule has 3 rings (SSSR count). The van der Waals surface area contributed by atoms with Gasteiger partial charge in [-0.1, -0.05) is 18.2 Å². The van der Waals surface area contributed by atoms with Crippen molar-refractivity contribution in [3.63, 3.8) is 0 Å². The van der Waals surface area contributed by atoms with Crippen molar-refractivity contribution < 1.29 is 14.3 Å². The van der Waals surface area contributed by atoms with Gasteiger partial charge in [0, 0.05) is 31.1 Å². The summed E-state index contributed by atoms with van der Waals surface area (Å²) < 4.78 is 5.24. The zero-order chi connectivity index (χ0) is 23.1. The molecular weight excluding hydrogens is 424 g/mol. The van der Waals surface area contributed by atoms with Crippen LogP contribution in [0.4, 0.5) is 16.2 Å². The highest BCUT2D eigenvalue weighted by Gasteiger charge is 2.18. The van der Waals surface area contributed by atoms with Crippen LogP contribution in [0.5, 0.6) is 0 Å². The summed E-state index contributed by atoms with van der Waals surface area (Å²) in [7, 11) is 0. The molecule has 0 spiro atoms. The molecule has 4 N–H and O–H groups in total. The smallest absolute Gasteiger partial charge is 0.407 e. The van der Waals surface area contributed by atoms with Crippen molar-refractivity contribution in [3.8, 4) is 0 Å². The minimum absolute atomic E-state index is 0.144. The zero-order valence-electron chi connectivity index (χ0n) is 18.9. The predicted molar refractivity (Wildman–Crippen MR) is 131 cm³/mol. The maximum absolute atomic E-state index is 12.6. The standard InChI is InChI=1S/C24H32N4O3S/c1-24(2,3)31-23(30)26-13-6-14-28-15-11-17(12-16-28)20-9-10-21(32-20)22(29)27-19-8-5-4-7-18(19)25/h4-5,7-11H,6,12-16,25H2,1-3H3,(H,26,30)(H,27,29). The number of nitrogens with two attached hydrogens (primary N) is 1. The largest absolute Gasteiger partial charge is 0.444 e. The summed E-state index contributed by atoms with van der Waals surface area (Å²) >= 11 is 1.50. The molecule has 2 amide bonds. The van der Waals surface area contributed by atoms with Crippen molar-refractivity contribution in [3.05, 3.63) is 52.2 Å². The van der Waals surface area contributed by atoms with Gasteiger partial charge in [-0.2, -0.15) is 0 Å². The van der Waals surface area contributed by atoms with Crippen LogP contribution in [0.1, 0.15) is 48.2 Å². The van der Waals surface area contributed by atoms with Crippen LogP contribution in [0.25, 0.3) is 5.57 Å². The number of thiophene rings is 1. The summed E-state index contributed by atoms with van der Waals surface area (Å²) in [4.78, 5) is 28.4. The third-order valence-corrected chi connectivity index (χ3v) is 6.13. The second-order valence-corrected chi connectivity index (χ2v) is 9.85. The molecule has 0 radical (unpaired) electrons. The predicted octanol–water partition coefficient (Wildman–Crippen LogP) is 4.59. The second kappa shape index (κ2) is 10.7. The summed E-state index contributed by atoms with van der Waals surface area (Å²) in [6, 6.07) is 11.1. The summed E-state index contributed by atoms with van der Waals surface area (Å²) in [6.07, 6.45) is 3.67. The lowest BCUT2D eigenvalue weighted by molar-refractivity contribution is 0.0525. The number of ether oxygens (including phenoxy) is 1. The number of hydrogen-bond acceptors (Lipinski definition) is 6. The van der Waals surface area contributed by atoms with E-state index in [-0.39, 0.29) is 12.0 Å². The Bertz CT molecular complexity index is 978. The molecule has 0 bridgehead atoms. The zero-order valence-corrected chi connectivity index (χ0v) is 19.8. The number of nitrogens with one attached hydrogen (secondary N) is 2. The number of carbonyl (C=O) groups excluding carboxylic acids is 2. The van der Waals surface area contributed by atoms with E-state index in [0.29, 0.717) is 22.8 Å². The maximum Gasteiger partial charge on any atom is 0.407 e. The average Bonchev–Trinajstić information content (AvgIpc) is 3.22. The van der Waals surface area contributed by atoms with Crippen molar-refractivity contribution in [2.75, 3.05) is 37.2 Å². The Morgan fingerprint density at radius 2 is 1.97 bits per heavy atom. The normalized spacial score (nSPS) is 14.5. The van der Waals surface area contributed by atoms with Crippen LogP contribution in [-0.4, -0.2) is 48.7 Å². The number of nitrogens with zero attached hydrogens (tertiary/aromatic N) is 1. The first-order valence-electron chi connectivity index (χ1n) is 10.9. The third kappa shape index (κ3) is 7.10. The second-order valence-electron chi connectivity index (χ2n) is 8.77. The topological polar surface area (TPSA) is 96.7 Å². The van der Waals surface area contributed by atoms with E-state index >= 15 is 0 Å². The van der Waals surface area contributed by atoms with Crippen molar-refractivity contribution in [1.29, 1.82) is 0 Å². The molecular formula is C24H32N4O3S. The Morgan fingerprint density at radius 1 is 1.19 bits per heavy atom. The molecule has 8 heteroatoms. The van der Waals surface area contributed by atoms with Gasteiger partial charge in [-0.3, -0.25) is 9.69 Å². The van der Waals surface area contributed by atoms with Crippen LogP contribution in [0, 0.1) is 0 Å². The quantitative estimate of drug-likeness (QED) is 0.418. The van der Waals surface area contributed by atoms with Crippen molar-refractivity contribution >= 4 is 40.3 Å². The van der Waals surface area contributed by atoms with E-state index < -0.39 is 5.60 Å². The molecule has 2 heterocycles. The van der Waals surface area contributed by atoms with Crippen LogP contribution in [0.3, 0.4) is 0 Å². The minimum atomic E-state index is -0.477. The molecule has 2 aromatic rings. The fourth-order valence-corrected chi connectivity index (χ4v) is 4.34. The molecule has 0 unspecified atom stereocenters. The highest BCUT2D eigenvalue weighted by atomic mass is 32.1. The Balaban J connectivity index is 1.44. The third-order valence-electron chi connectivity index (χ3n) is 4.97. The minimum Gasteiger partial charge on any atom is -0.444 e. The molecule has 1 aliphatic rings. The number of para-hydroxylation sites is 2. The first-order valence-corrected chi connectivity index (χ1v) is 11.7. The van der Waals surface area contributed by atoms with Gasteiger partial charge in [0.05, 0.1) is 16.3 Å². The monoisotopic (exact) mass is 456 g/mol. The van der Waals surface area contributed by atoms with E-state index in [1.807, 2.05) is 45.0 Å². The lowest BCUT2D eigenvalue weighted by Crippen LogP contribution is -2.35. The van der Waals surface area contributed by atoms with Crippen LogP contribution in [0.15, 0.2) is 42.5 Å². The molecule has 0 atom stereocenters. The highest BCUT2D eigenvalue weighted by Crippen LogP contribution is 2.29. The fourth-order valence-electron chi connectivity index (χ4n) is 3.37. The van der Waals surface area contributed by atoms with E-state index in [9.17, 15) is 9.59 Å². The van der Waals surface area contributed by atoms with Gasteiger partial charge >= 0.3 is 6.09 Å². The lowest BCUT2D eigenvalue weighted by Gasteiger charge is -2.26. The number of anilines is 2. The number of amides is 2. The summed E-state index contributed by atoms with van der Waals surface area (Å²) in [6.45, 7) is 8.89. The summed E-state index contributed by atoms with van der Waals surface area (Å²) in [5.41, 5.74) is 7.89. The number of alkyl carbamates (subject to hydrolysis) is 1. The first kappa shape index (κ1) is 23.8. The number of rotatable bonds is 7. The Hall–Kier alpha value is -2.84. The number of benzene rings is 1. The van der Waals surface area contributed by atoms with Crippen LogP contribution in [0.2, 0.25) is 0 Å². The molecule has 1 aromatic carbocycles. The van der Waals surface area contributed by atoms with E-state index in [0.717, 1.165) is 37.4 Å². The Morgan fingerprint density at radius 3 is 2.66 bits per heavy atom. The van der Waals surface area contributed by atoms with E-state index in [1.165, 1.54) is 16.9 Å². The SMILES string of the molecule is CC(C)(C)OC(=O)NCCCN1CC=C(c2ccc(C(=O)Nc3ccccc3N)s2)CC1. The van der Waals surface area contributed by atoms with Gasteiger partial charge in [-0.15, -0.1) is 11.3 Å². The highest BCUT2D eigenvalue weighted by molar-refractivity contribution is 7.15. The van der Waals surface area contributed by atoms with E-state index in [2.05, 4.69) is 21.6 Å². The van der Waals surface area contributed by atoms with Gasteiger partial charge in [0.15, 0.2) is 0 Å². The average molecular weight is 457 g/mol. The number of hydrogen-bond donors (Lipinski definition) is 3. The number of carbonyl (C=O) groups is 2. The molecule has 0 saturated carbocycles. The Labute approximate surface area is 193 Å². The Kier molecular flexibility index (Phi) is 7.93. The van der Waals surface area contributed by atoms with Crippen LogP contribution in [-0.2, 0) is 4.74 Å². The molecule has 0 saturated heterocycles. The lowest BCUT2D eigenvalue weighted by atomic mass is 10.1. The first-order chi connectivity index (χ1) is 15.2. The van der Waals surface area contributed by atoms with Gasteiger partial charge in [-0.05, 0) is 63.5 Å². The van der Waals surface area contributed by atoms with Gasteiger partial charge < -0.3 is 21.1 Å². The summed E-state index contributed by atoms with van der Waals surface area (Å²) in [5.74, 6) is -0.144. The van der Waals surface area contributed by atoms with Crippen molar-refractivity contribution in [2.45, 2.75) is 39.2 Å². The van der Waals surface area contributed by atoms with Crippen LogP contribution >= 0.6 is 11.3 Å². The molecule has 1 aliphatic heterocycles. The van der Waals surface area contributed by atoms with E-state index in [1.54, 1.807) is 12.1 Å². The molecule has 0 aliphatic carbocycles. The summed E-state index contributed by atoms with van der Waals surface area (Å²) in [5, 5.41) is 5.68. The van der Waals surface area contributed by atoms with Gasteiger partial charge in [0.25, 0.3) is 5.91 Å². The van der Waals surface area contributed by atoms with Gasteiger partial charge in [0.2, 0.25) is 0 Å². The van der Waals surface area contributed by atoms with Crippen molar-refractivity contribution in [1.82, 2.24) is 10.2 Å². The van der Waals surface area contributed by atoms with Gasteiger partial charge in [0.1, 0.15) is 5.60 Å². The maximum atomic E-state index is 12.6. The van der Waals surface area contributed by atoms with E-state index in [4.69, 9.17) is 10.5 Å². The molecule has 1 aromatic heterocycles. The molecule has 32 heavy (non-hydrogen) atoms. The van der Waals surface area contributed by atoms with Crippen molar-refractivity contribution in [2.24, 2.45) is 0 Å². The van der Waals surface area contributed by atoms with Crippen LogP contribution < -0.4 is 16.4 Å². The molecule has 7 nitrogen and oxygen atoms in total. The van der Waals surface area contributed by atoms with Gasteiger partial charge in [-0.25, -0.2) is 4.79 Å². The molecule has 0 fully saturated rings.